The fourth-order valence-corrected chi connectivity index (χ4v) is 1.16. The summed E-state index contributed by atoms with van der Waals surface area (Å²) < 4.78 is 4.92. The molecule has 2 heteroatoms. The highest BCUT2D eigenvalue weighted by atomic mass is 16.5. The summed E-state index contributed by atoms with van der Waals surface area (Å²) in [6.07, 6.45) is 3.58. The maximum Gasteiger partial charge on any atom is 0.306 e. The van der Waals surface area contributed by atoms with Crippen molar-refractivity contribution in [1.82, 2.24) is 0 Å². The smallest absolute Gasteiger partial charge is 0.306 e. The minimum absolute atomic E-state index is 0.00350. The topological polar surface area (TPSA) is 26.3 Å². The maximum absolute atomic E-state index is 11.3. The third-order valence-electron chi connectivity index (χ3n) is 1.99. The maximum atomic E-state index is 11.3. The molecule has 0 radical (unpaired) electrons. The Labute approximate surface area is 87.3 Å². The van der Waals surface area contributed by atoms with Crippen LogP contribution in [-0.4, -0.2) is 12.6 Å². The quantitative estimate of drug-likeness (QED) is 0.500. The summed E-state index contributed by atoms with van der Waals surface area (Å²) in [4.78, 5) is 11.3. The first-order chi connectivity index (χ1) is 6.37. The van der Waals surface area contributed by atoms with E-state index in [1.165, 1.54) is 5.57 Å². The SMILES string of the molecule is CCOC(=O)CC(C)(C)CC=C(C)C. The van der Waals surface area contributed by atoms with E-state index in [0.29, 0.717) is 13.0 Å². The van der Waals surface area contributed by atoms with Gasteiger partial charge in [0.05, 0.1) is 13.0 Å². The van der Waals surface area contributed by atoms with Crippen LogP contribution in [0.1, 0.15) is 47.5 Å². The first-order valence-corrected chi connectivity index (χ1v) is 5.16. The van der Waals surface area contributed by atoms with Crippen LogP contribution in [0.2, 0.25) is 0 Å². The fraction of sp³-hybridized carbons (Fsp3) is 0.750. The molecule has 0 spiro atoms. The molecular weight excluding hydrogens is 176 g/mol. The van der Waals surface area contributed by atoms with Crippen molar-refractivity contribution in [2.45, 2.75) is 47.5 Å². The first-order valence-electron chi connectivity index (χ1n) is 5.16. The van der Waals surface area contributed by atoms with Crippen LogP contribution < -0.4 is 0 Å². The highest BCUT2D eigenvalue weighted by Gasteiger charge is 2.21. The molecule has 0 aliphatic rings. The largest absolute Gasteiger partial charge is 0.466 e. The van der Waals surface area contributed by atoms with Crippen molar-refractivity contribution in [1.29, 1.82) is 0 Å². The molecular formula is C12H22O2. The third-order valence-corrected chi connectivity index (χ3v) is 1.99. The number of carbonyl (C=O) groups excluding carboxylic acids is 1. The Morgan fingerprint density at radius 2 is 1.93 bits per heavy atom. The average molecular weight is 198 g/mol. The van der Waals surface area contributed by atoms with Crippen LogP contribution in [-0.2, 0) is 9.53 Å². The number of allylic oxidation sites excluding steroid dienone is 2. The van der Waals surface area contributed by atoms with Crippen molar-refractivity contribution < 1.29 is 9.53 Å². The van der Waals surface area contributed by atoms with Crippen LogP contribution >= 0.6 is 0 Å². The molecule has 0 rings (SSSR count). The second-order valence-electron chi connectivity index (χ2n) is 4.63. The molecule has 0 amide bonds. The zero-order valence-corrected chi connectivity index (χ0v) is 10.0. The molecule has 0 saturated carbocycles. The first kappa shape index (κ1) is 13.2. The molecule has 82 valence electrons. The van der Waals surface area contributed by atoms with Crippen LogP contribution in [0.3, 0.4) is 0 Å². The predicted molar refractivity (Wildman–Crippen MR) is 59.1 cm³/mol. The second-order valence-corrected chi connectivity index (χ2v) is 4.63. The lowest BCUT2D eigenvalue weighted by Gasteiger charge is -2.21. The molecule has 0 aromatic heterocycles. The van der Waals surface area contributed by atoms with E-state index >= 15 is 0 Å². The molecule has 0 unspecified atom stereocenters. The highest BCUT2D eigenvalue weighted by molar-refractivity contribution is 5.70. The van der Waals surface area contributed by atoms with Gasteiger partial charge in [-0.1, -0.05) is 25.5 Å². The van der Waals surface area contributed by atoms with E-state index in [-0.39, 0.29) is 11.4 Å². The summed E-state index contributed by atoms with van der Waals surface area (Å²) in [6.45, 7) is 10.6. The Morgan fingerprint density at radius 3 is 2.36 bits per heavy atom. The molecule has 0 heterocycles. The van der Waals surface area contributed by atoms with Gasteiger partial charge in [-0.05, 0) is 32.6 Å². The molecule has 0 aliphatic heterocycles. The van der Waals surface area contributed by atoms with E-state index in [9.17, 15) is 4.79 Å². The van der Waals surface area contributed by atoms with Gasteiger partial charge in [-0.25, -0.2) is 0 Å². The van der Waals surface area contributed by atoms with Crippen LogP contribution in [0, 0.1) is 5.41 Å². The highest BCUT2D eigenvalue weighted by Crippen LogP contribution is 2.26. The molecule has 0 atom stereocenters. The molecule has 0 aromatic rings. The van der Waals surface area contributed by atoms with Gasteiger partial charge >= 0.3 is 5.97 Å². The average Bonchev–Trinajstić information content (AvgIpc) is 2.00. The van der Waals surface area contributed by atoms with Gasteiger partial charge in [-0.2, -0.15) is 0 Å². The van der Waals surface area contributed by atoms with Crippen molar-refractivity contribution in [3.8, 4) is 0 Å². The molecule has 0 saturated heterocycles. The predicted octanol–water partition coefficient (Wildman–Crippen LogP) is 3.32. The van der Waals surface area contributed by atoms with E-state index in [2.05, 4.69) is 33.8 Å². The van der Waals surface area contributed by atoms with Crippen molar-refractivity contribution in [2.75, 3.05) is 6.61 Å². The van der Waals surface area contributed by atoms with Crippen LogP contribution in [0.25, 0.3) is 0 Å². The lowest BCUT2D eigenvalue weighted by Crippen LogP contribution is -2.18. The van der Waals surface area contributed by atoms with Crippen LogP contribution in [0.5, 0.6) is 0 Å². The number of esters is 1. The number of rotatable bonds is 5. The Hall–Kier alpha value is -0.790. The fourth-order valence-electron chi connectivity index (χ4n) is 1.16. The van der Waals surface area contributed by atoms with Gasteiger partial charge in [-0.3, -0.25) is 4.79 Å². The van der Waals surface area contributed by atoms with E-state index in [0.717, 1.165) is 6.42 Å². The summed E-state index contributed by atoms with van der Waals surface area (Å²) in [5.41, 5.74) is 1.30. The number of hydrogen-bond acceptors (Lipinski definition) is 2. The molecule has 0 aromatic carbocycles. The molecule has 0 fully saturated rings. The summed E-state index contributed by atoms with van der Waals surface area (Å²) >= 11 is 0. The van der Waals surface area contributed by atoms with E-state index in [1.807, 2.05) is 6.92 Å². The monoisotopic (exact) mass is 198 g/mol. The number of ether oxygens (including phenoxy) is 1. The second kappa shape index (κ2) is 5.84. The van der Waals surface area contributed by atoms with Gasteiger partial charge in [0, 0.05) is 0 Å². The minimum atomic E-state index is -0.0975. The number of hydrogen-bond donors (Lipinski definition) is 0. The lowest BCUT2D eigenvalue weighted by molar-refractivity contribution is -0.145. The zero-order chi connectivity index (χ0) is 11.2. The van der Waals surface area contributed by atoms with Gasteiger partial charge in [-0.15, -0.1) is 0 Å². The van der Waals surface area contributed by atoms with Crippen molar-refractivity contribution in [2.24, 2.45) is 5.41 Å². The van der Waals surface area contributed by atoms with Crippen molar-refractivity contribution in [3.63, 3.8) is 0 Å². The Morgan fingerprint density at radius 1 is 1.36 bits per heavy atom. The summed E-state index contributed by atoms with van der Waals surface area (Å²) in [6, 6.07) is 0. The van der Waals surface area contributed by atoms with Crippen LogP contribution in [0.4, 0.5) is 0 Å². The Balaban J connectivity index is 4.06. The summed E-state index contributed by atoms with van der Waals surface area (Å²) in [5, 5.41) is 0. The standard InChI is InChI=1S/C12H22O2/c1-6-14-11(13)9-12(4,5)8-7-10(2)3/h7H,6,8-9H2,1-5H3. The number of carbonyl (C=O) groups is 1. The van der Waals surface area contributed by atoms with Gasteiger partial charge in [0.25, 0.3) is 0 Å². The van der Waals surface area contributed by atoms with Crippen LogP contribution in [0.15, 0.2) is 11.6 Å². The van der Waals surface area contributed by atoms with Gasteiger partial charge < -0.3 is 4.74 Å². The van der Waals surface area contributed by atoms with Crippen molar-refractivity contribution >= 4 is 5.97 Å². The van der Waals surface area contributed by atoms with E-state index < -0.39 is 0 Å². The van der Waals surface area contributed by atoms with Crippen molar-refractivity contribution in [3.05, 3.63) is 11.6 Å². The summed E-state index contributed by atoms with van der Waals surface area (Å²) in [7, 11) is 0. The summed E-state index contributed by atoms with van der Waals surface area (Å²) in [5.74, 6) is -0.0975. The van der Waals surface area contributed by atoms with E-state index in [1.54, 1.807) is 0 Å². The lowest BCUT2D eigenvalue weighted by atomic mass is 9.85. The molecule has 0 aliphatic carbocycles. The third kappa shape index (κ3) is 6.70. The van der Waals surface area contributed by atoms with Gasteiger partial charge in [0.15, 0.2) is 0 Å². The Bertz CT molecular complexity index is 210. The molecule has 0 N–H and O–H groups in total. The Kier molecular flexibility index (Phi) is 5.51. The van der Waals surface area contributed by atoms with E-state index in [4.69, 9.17) is 4.74 Å². The molecule has 2 nitrogen and oxygen atoms in total. The molecule has 14 heavy (non-hydrogen) atoms. The zero-order valence-electron chi connectivity index (χ0n) is 10.0. The van der Waals surface area contributed by atoms with Gasteiger partial charge in [0.1, 0.15) is 0 Å². The normalized spacial score (nSPS) is 10.9. The minimum Gasteiger partial charge on any atom is -0.466 e. The van der Waals surface area contributed by atoms with Gasteiger partial charge in [0.2, 0.25) is 0 Å². The molecule has 0 bridgehead atoms.